The summed E-state index contributed by atoms with van der Waals surface area (Å²) in [7, 11) is -2.40. The van der Waals surface area contributed by atoms with E-state index in [0.717, 1.165) is 36.0 Å². The van der Waals surface area contributed by atoms with Gasteiger partial charge in [0.2, 0.25) is 0 Å². The van der Waals surface area contributed by atoms with E-state index < -0.39 is 20.1 Å². The molecule has 0 saturated carbocycles. The molecule has 0 spiro atoms. The number of aryl methyl sites for hydroxylation is 2. The molecule has 3 rings (SSSR count). The van der Waals surface area contributed by atoms with Crippen LogP contribution in [0.1, 0.15) is 35.1 Å². The van der Waals surface area contributed by atoms with Gasteiger partial charge in [0.25, 0.3) is 0 Å². The minimum absolute atomic E-state index is 0.0524. The molecule has 0 bridgehead atoms. The Labute approximate surface area is 130 Å². The topological polar surface area (TPSA) is 35.2 Å². The summed E-state index contributed by atoms with van der Waals surface area (Å²) in [5.74, 6) is 0. The van der Waals surface area contributed by atoms with E-state index in [-0.39, 0.29) is 12.0 Å². The molecular weight excluding hydrogens is 307 g/mol. The number of halogens is 3. The zero-order valence-corrected chi connectivity index (χ0v) is 14.2. The molecule has 0 saturated heterocycles. The number of benzene rings is 1. The van der Waals surface area contributed by atoms with Crippen molar-refractivity contribution in [3.8, 4) is 0 Å². The third-order valence-electron chi connectivity index (χ3n) is 4.61. The molecule has 1 unspecified atom stereocenters. The van der Waals surface area contributed by atoms with Crippen molar-refractivity contribution in [2.24, 2.45) is 0 Å². The second kappa shape index (κ2) is 4.74. The normalized spacial score (nSPS) is 24.5. The van der Waals surface area contributed by atoms with Gasteiger partial charge in [0, 0.05) is 11.3 Å². The average molecular weight is 329 g/mol. The van der Waals surface area contributed by atoms with Crippen molar-refractivity contribution >= 4 is 14.0 Å². The first-order valence-electron chi connectivity index (χ1n) is 7.76. The molecule has 122 valence electrons. The highest BCUT2D eigenvalue weighted by atomic mass is 28.4. The Morgan fingerprint density at radius 2 is 1.82 bits per heavy atom. The van der Waals surface area contributed by atoms with E-state index in [1.54, 1.807) is 19.6 Å². The number of hydrogen-bond donors (Lipinski definition) is 1. The van der Waals surface area contributed by atoms with Crippen LogP contribution in [0.2, 0.25) is 19.6 Å². The van der Waals surface area contributed by atoms with Crippen LogP contribution in [0.15, 0.2) is 6.07 Å². The summed E-state index contributed by atoms with van der Waals surface area (Å²) >= 11 is 0. The summed E-state index contributed by atoms with van der Waals surface area (Å²) in [5.41, 5.74) is 7.31. The number of fused-ring (bicyclic) bond motifs is 2. The third kappa shape index (κ3) is 2.27. The highest BCUT2D eigenvalue weighted by Crippen LogP contribution is 2.55. The molecule has 1 aromatic rings. The first-order valence-corrected chi connectivity index (χ1v) is 11.2. The molecule has 0 fully saturated rings. The smallest absolute Gasteiger partial charge is 0.400 e. The highest BCUT2D eigenvalue weighted by Gasteiger charge is 2.62. The molecule has 1 atom stereocenters. The van der Waals surface area contributed by atoms with Crippen LogP contribution in [0.4, 0.5) is 18.9 Å². The van der Waals surface area contributed by atoms with Gasteiger partial charge < -0.3 is 10.2 Å². The molecule has 2 aliphatic carbocycles. The molecular formula is C16H22F3NOSi. The van der Waals surface area contributed by atoms with Crippen LogP contribution in [-0.2, 0) is 29.3 Å². The molecule has 22 heavy (non-hydrogen) atoms. The maximum Gasteiger partial charge on any atom is 0.420 e. The van der Waals surface area contributed by atoms with Gasteiger partial charge in [0.05, 0.1) is 0 Å². The van der Waals surface area contributed by atoms with Gasteiger partial charge in [-0.1, -0.05) is 6.07 Å². The first kappa shape index (κ1) is 15.9. The van der Waals surface area contributed by atoms with E-state index in [1.807, 2.05) is 6.07 Å². The molecule has 0 aromatic heterocycles. The van der Waals surface area contributed by atoms with Gasteiger partial charge >= 0.3 is 6.18 Å². The minimum Gasteiger partial charge on any atom is -0.400 e. The van der Waals surface area contributed by atoms with E-state index in [0.29, 0.717) is 12.1 Å². The quantitative estimate of drug-likeness (QED) is 0.648. The Kier molecular flexibility index (Phi) is 3.42. The van der Waals surface area contributed by atoms with Crippen molar-refractivity contribution in [3.63, 3.8) is 0 Å². The number of rotatable bonds is 2. The zero-order chi connectivity index (χ0) is 16.3. The van der Waals surface area contributed by atoms with Crippen LogP contribution in [-0.4, -0.2) is 14.5 Å². The van der Waals surface area contributed by atoms with Gasteiger partial charge in [-0.2, -0.15) is 13.2 Å². The second-order valence-corrected chi connectivity index (χ2v) is 11.8. The van der Waals surface area contributed by atoms with Crippen LogP contribution in [0.25, 0.3) is 0 Å². The number of nitrogen functional groups attached to an aromatic ring is 1. The summed E-state index contributed by atoms with van der Waals surface area (Å²) in [6.07, 6.45) is -1.45. The lowest BCUT2D eigenvalue weighted by Gasteiger charge is -2.39. The fraction of sp³-hybridized carbons (Fsp3) is 0.625. The molecule has 2 aliphatic rings. The number of nitrogens with two attached hydrogens (primary N) is 1. The van der Waals surface area contributed by atoms with E-state index in [2.05, 4.69) is 0 Å². The average Bonchev–Trinajstić information content (AvgIpc) is 2.92. The first-order chi connectivity index (χ1) is 10.1. The van der Waals surface area contributed by atoms with Crippen LogP contribution in [0.5, 0.6) is 0 Å². The molecule has 6 heteroatoms. The van der Waals surface area contributed by atoms with Crippen LogP contribution >= 0.6 is 0 Å². The van der Waals surface area contributed by atoms with Crippen molar-refractivity contribution < 1.29 is 17.6 Å². The lowest BCUT2D eigenvalue weighted by Crippen LogP contribution is -2.49. The fourth-order valence-electron chi connectivity index (χ4n) is 3.92. The Morgan fingerprint density at radius 3 is 2.41 bits per heavy atom. The lowest BCUT2D eigenvalue weighted by atomic mass is 9.90. The van der Waals surface area contributed by atoms with Gasteiger partial charge in [-0.25, -0.2) is 0 Å². The lowest BCUT2D eigenvalue weighted by molar-refractivity contribution is -0.257. The molecule has 2 nitrogen and oxygen atoms in total. The fourth-order valence-corrected chi connectivity index (χ4v) is 5.28. The van der Waals surface area contributed by atoms with Gasteiger partial charge in [-0.15, -0.1) is 0 Å². The maximum atomic E-state index is 14.0. The predicted octanol–water partition coefficient (Wildman–Crippen LogP) is 4.31. The Balaban J connectivity index is 2.22. The van der Waals surface area contributed by atoms with E-state index in [1.165, 1.54) is 0 Å². The Morgan fingerprint density at radius 1 is 1.14 bits per heavy atom. The standard InChI is InChI=1S/C16H22F3NOSi/c1-22(2,3)21-15(16(17,18)19)8-7-11-9-10-5-4-6-12(10)14(20)13(11)15/h9H,4-8,20H2,1-3H3. The van der Waals surface area contributed by atoms with E-state index >= 15 is 0 Å². The van der Waals surface area contributed by atoms with Gasteiger partial charge in [-0.3, -0.25) is 0 Å². The summed E-state index contributed by atoms with van der Waals surface area (Å²) < 4.78 is 47.7. The third-order valence-corrected chi connectivity index (χ3v) is 5.57. The number of alkyl halides is 3. The minimum atomic E-state index is -4.44. The SMILES string of the molecule is C[Si](C)(C)OC1(C(F)(F)F)CCc2cc3c(c(N)c21)CCC3. The van der Waals surface area contributed by atoms with Gasteiger partial charge in [0.15, 0.2) is 13.9 Å². The number of hydrogen-bond acceptors (Lipinski definition) is 2. The zero-order valence-electron chi connectivity index (χ0n) is 13.2. The molecule has 0 radical (unpaired) electrons. The van der Waals surface area contributed by atoms with Crippen molar-refractivity contribution in [1.29, 1.82) is 0 Å². The highest BCUT2D eigenvalue weighted by molar-refractivity contribution is 6.69. The predicted molar refractivity (Wildman–Crippen MR) is 83.4 cm³/mol. The van der Waals surface area contributed by atoms with Crippen molar-refractivity contribution in [3.05, 3.63) is 28.3 Å². The summed E-state index contributed by atoms with van der Waals surface area (Å²) in [4.78, 5) is 0. The largest absolute Gasteiger partial charge is 0.420 e. The molecule has 2 N–H and O–H groups in total. The summed E-state index contributed by atoms with van der Waals surface area (Å²) in [6.45, 7) is 5.38. The van der Waals surface area contributed by atoms with E-state index in [9.17, 15) is 13.2 Å². The molecule has 0 aliphatic heterocycles. The summed E-state index contributed by atoms with van der Waals surface area (Å²) in [6, 6.07) is 1.94. The van der Waals surface area contributed by atoms with Crippen LogP contribution in [0.3, 0.4) is 0 Å². The van der Waals surface area contributed by atoms with E-state index in [4.69, 9.17) is 10.2 Å². The molecule has 0 amide bonds. The monoisotopic (exact) mass is 329 g/mol. The Bertz CT molecular complexity index is 621. The summed E-state index contributed by atoms with van der Waals surface area (Å²) in [5, 5.41) is 0. The van der Waals surface area contributed by atoms with Crippen molar-refractivity contribution in [2.75, 3.05) is 5.73 Å². The molecule has 1 aromatic carbocycles. The molecule has 0 heterocycles. The van der Waals surface area contributed by atoms with Gasteiger partial charge in [0.1, 0.15) is 0 Å². The second-order valence-electron chi connectivity index (χ2n) is 7.35. The van der Waals surface area contributed by atoms with Crippen LogP contribution in [0, 0.1) is 0 Å². The maximum absolute atomic E-state index is 14.0. The van der Waals surface area contributed by atoms with Gasteiger partial charge in [-0.05, 0) is 68.4 Å². The van der Waals surface area contributed by atoms with Crippen LogP contribution < -0.4 is 5.73 Å². The van der Waals surface area contributed by atoms with Crippen molar-refractivity contribution in [1.82, 2.24) is 0 Å². The number of anilines is 1. The van der Waals surface area contributed by atoms with Crippen molar-refractivity contribution in [2.45, 2.75) is 63.5 Å². The Hall–Kier alpha value is -1.01.